The third kappa shape index (κ3) is 34.5. The Morgan fingerprint density at radius 3 is 0.878 bits per heavy atom. The molecule has 24 atom stereocenters. The number of H-pyrrole nitrogens is 5. The fourth-order valence-corrected chi connectivity index (χ4v) is 19.7. The van der Waals surface area contributed by atoms with Crippen molar-refractivity contribution in [2.24, 2.45) is 5.73 Å². The minimum Gasteiger partial charge on any atom is -0.427 e. The predicted octanol–water partition coefficient (Wildman–Crippen LogP) is -3.44. The van der Waals surface area contributed by atoms with Gasteiger partial charge in [0.15, 0.2) is 72.9 Å². The van der Waals surface area contributed by atoms with Crippen LogP contribution in [0.25, 0.3) is 0 Å². The number of phosphoric acid groups is 5. The molecule has 5 aromatic rings. The molecular formula is C58H88N11O55P10S5+5. The van der Waals surface area contributed by atoms with Crippen molar-refractivity contribution in [3.8, 4) is 0 Å². The average molecular weight is 2290 g/mol. The number of nitrogens with one attached hydrogen (secondary N) is 5. The van der Waals surface area contributed by atoms with Crippen molar-refractivity contribution in [3.05, 3.63) is 166 Å². The van der Waals surface area contributed by atoms with Crippen molar-refractivity contribution in [2.45, 2.75) is 147 Å². The van der Waals surface area contributed by atoms with Crippen molar-refractivity contribution in [1.82, 2.24) is 47.8 Å². The number of aliphatic hydroxyl groups is 1. The minimum absolute atomic E-state index is 0.0792. The van der Waals surface area contributed by atoms with Crippen LogP contribution in [0.4, 0.5) is 0 Å². The molecule has 0 spiro atoms. The van der Waals surface area contributed by atoms with Crippen LogP contribution in [0.1, 0.15) is 50.9 Å². The molecule has 0 bridgehead atoms. The van der Waals surface area contributed by atoms with Crippen LogP contribution in [-0.4, -0.2) is 292 Å². The van der Waals surface area contributed by atoms with Crippen LogP contribution in [-0.2, 0) is 157 Å². The van der Waals surface area contributed by atoms with Crippen LogP contribution in [0.15, 0.2) is 109 Å². The van der Waals surface area contributed by atoms with E-state index < -0.39 is 305 Å². The van der Waals surface area contributed by atoms with E-state index in [-0.39, 0.29) is 25.8 Å². The number of aromatic amines is 5. The van der Waals surface area contributed by atoms with E-state index in [2.05, 4.69) is 103 Å². The molecule has 139 heavy (non-hydrogen) atoms. The molecule has 66 nitrogen and oxygen atoms in total. The van der Waals surface area contributed by atoms with E-state index in [1.54, 1.807) is 6.92 Å². The van der Waals surface area contributed by atoms with E-state index in [9.17, 15) is 108 Å². The first-order valence-corrected chi connectivity index (χ1v) is 56.7. The third-order valence-electron chi connectivity index (χ3n) is 19.5. The van der Waals surface area contributed by atoms with Gasteiger partial charge in [-0.3, -0.25) is 104 Å². The number of hydrogen-bond donors (Lipinski definition) is 22. The van der Waals surface area contributed by atoms with Gasteiger partial charge >= 0.3 is 104 Å². The molecule has 5 saturated heterocycles. The molecule has 10 heterocycles. The van der Waals surface area contributed by atoms with Gasteiger partial charge in [-0.15, -0.1) is 22.6 Å². The first kappa shape index (κ1) is 122. The highest BCUT2D eigenvalue weighted by atomic mass is 32.7. The number of ether oxygens (including phenoxy) is 12. The Bertz CT molecular complexity index is 5660. The van der Waals surface area contributed by atoms with Gasteiger partial charge in [0.25, 0.3) is 40.7 Å². The molecule has 0 saturated carbocycles. The Labute approximate surface area is 804 Å². The molecule has 0 aromatic carbocycles. The molecule has 0 radical (unpaired) electrons. The largest absolute Gasteiger partial charge is 0.582 e. The second kappa shape index (κ2) is 53.2. The van der Waals surface area contributed by atoms with Gasteiger partial charge in [-0.25, -0.2) is 46.8 Å². The van der Waals surface area contributed by atoms with Crippen molar-refractivity contribution < 1.29 is 211 Å². The zero-order chi connectivity index (χ0) is 105. The molecule has 81 heteroatoms. The Morgan fingerprint density at radius 1 is 0.388 bits per heavy atom. The maximum absolute atomic E-state index is 12.2. The second-order valence-corrected chi connectivity index (χ2v) is 42.5. The van der Waals surface area contributed by atoms with Crippen molar-refractivity contribution in [1.29, 1.82) is 0 Å². The fourth-order valence-electron chi connectivity index (χ4n) is 13.7. The highest BCUT2D eigenvalue weighted by Crippen LogP contribution is 2.55. The maximum atomic E-state index is 12.2. The maximum Gasteiger partial charge on any atom is 0.582 e. The zero-order valence-electron chi connectivity index (χ0n) is 71.0. The van der Waals surface area contributed by atoms with Gasteiger partial charge in [0.2, 0.25) is 6.29 Å². The summed E-state index contributed by atoms with van der Waals surface area (Å²) in [4.78, 5) is 238. The molecule has 10 unspecified atom stereocenters. The number of hydrogen-bond acceptors (Lipinski definition) is 46. The van der Waals surface area contributed by atoms with Crippen LogP contribution in [0.5, 0.6) is 0 Å². The van der Waals surface area contributed by atoms with Crippen molar-refractivity contribution >= 4 is 149 Å². The lowest BCUT2D eigenvalue weighted by Crippen LogP contribution is -2.53. The topological polar surface area (TPSA) is 931 Å². The monoisotopic (exact) mass is 2290 g/mol. The highest BCUT2D eigenvalue weighted by molar-refractivity contribution is 8.40. The van der Waals surface area contributed by atoms with Gasteiger partial charge in [-0.05, 0) is 29.2 Å². The average Bonchev–Trinajstić information content (AvgIpc) is 1.57. The summed E-state index contributed by atoms with van der Waals surface area (Å²) in [7, 11) is -31.6. The molecule has 5 fully saturated rings. The number of thiol groups is 5. The molecule has 0 amide bonds. The molecule has 18 N–H and O–H groups in total. The van der Waals surface area contributed by atoms with E-state index >= 15 is 0 Å². The quantitative estimate of drug-likeness (QED) is 0.00781. The normalized spacial score (nSPS) is 27.3. The lowest BCUT2D eigenvalue weighted by molar-refractivity contribution is -0.177. The summed E-state index contributed by atoms with van der Waals surface area (Å²) in [6.07, 6.45) is -15.2. The van der Waals surface area contributed by atoms with E-state index in [0.29, 0.717) is 0 Å². The van der Waals surface area contributed by atoms with E-state index in [0.717, 1.165) is 78.9 Å². The SMILES string of the molecule is CC[C@]1(COP(=O)(O)O)O[C@@H](n2ccc(=O)[nH]c2=O)C(OC)[C@H]1O[P+](=O)S.COC1[C@@H](O[P+](=O)S)[C@@H](CC(OC=O)OC=O)O[C@H]1n1ccc(=O)[nH]c1=O.COC1[C@H](n2ccc(=O)[nH]c2=O)OC(COP(=O)(O)O)(COP(=O)(O)O)[C@@H]1O[P+](=O)S.COC1[C@H](n2ccc(=O)[nH]c2=O)O[C@](CN)(COP(=O)(O)O)[C@@H]1O[P+](=O)S.COC1[C@H](n2ccc(=O)[nH]c2=O)O[C@](CO)(COP(=O)(O)O)[C@@H]1O[P+](=O)S. The molecule has 5 aromatic heterocycles. The summed E-state index contributed by atoms with van der Waals surface area (Å²) in [6, 6.07) is 5.22. The number of aliphatic hydroxyl groups excluding tert-OH is 1. The Hall–Kier alpha value is -5.54. The lowest BCUT2D eigenvalue weighted by atomic mass is 9.93. The van der Waals surface area contributed by atoms with Crippen LogP contribution >= 0.6 is 137 Å². The number of phosphoric ester groups is 5. The van der Waals surface area contributed by atoms with Crippen molar-refractivity contribution in [2.75, 3.05) is 81.7 Å². The second-order valence-electron chi connectivity index (χ2n) is 28.0. The lowest BCUT2D eigenvalue weighted by Gasteiger charge is -2.31. The molecule has 10 rings (SSSR count). The first-order valence-electron chi connectivity index (χ1n) is 37.4. The summed E-state index contributed by atoms with van der Waals surface area (Å²) in [6.45, 7) is -4.01. The van der Waals surface area contributed by atoms with Gasteiger partial charge in [0.05, 0.1) is 46.1 Å². The van der Waals surface area contributed by atoms with Gasteiger partial charge in [0.1, 0.15) is 109 Å². The molecule has 0 aliphatic carbocycles. The van der Waals surface area contributed by atoms with Crippen LogP contribution in [0.2, 0.25) is 0 Å². The number of carbonyl (C=O) groups is 2. The highest BCUT2D eigenvalue weighted by Gasteiger charge is 2.66. The molecule has 5 aliphatic rings. The van der Waals surface area contributed by atoms with E-state index in [1.165, 1.54) is 40.8 Å². The summed E-state index contributed by atoms with van der Waals surface area (Å²) >= 11 is 18.3. The minimum atomic E-state index is -5.16. The standard InChI is InChI=1S/C13H15N2O10PS.C12H18N2O10P2S.C11H17N3O10P2S.C11H17N2O14P3S.C11H16N2O11P2S/c1-21-11-10(25-26(20)27)7(4-9(22-5-16)23-6-17)24-12(11)15-3-2-8(18)14-13(15)19;1-3-12(6-22-26(18,19)20)9(24-25(17)27)8(21-2)10(23-12)14-5-4-7(15)13-11(14)16;1-21-7-8(24-25(17)27)11(4-12,5-22-26(18,19)20)23-9(7)14-3-2-6(15)13-10(14)16;1-23-7-8(27-28(16)31)11(4-24-29(17,18)19,5-25-30(20,21)22)26-9(7)13-3-2-6(14)12-10(13)15;1-21-7-8(24-25(17)27)11(4-14,5-22-26(18,19)20)23-9(7)13-3-2-6(15)12-10(13)16/h2-3,5-7,9-12H,4H2,1H3,(H-,14,18,19,20,27);4-5,8-10H,3,6H2,1-2H3,(H3-,13,15,16,17,18,19,20,27);2-3,7-9H,4-5,12H2,1H3,(H3-,13,15,16,17,18,19,20,27);2-3,7-9H,4-5H2,1H3,(H5-,12,14,15,16,17,18,19,20,21,22,31);2-3,7-9,14H,4-5H2,1H3,(H3-,12,15,16,17,18,19,20,27)/p+5/t7-,10+,11?,12-;8?,9-,10-,12-;7?,8-,9-,11-;7?,8-,9-;7?,8-,9-,11-/m11111/s1. The Morgan fingerprint density at radius 2 is 0.626 bits per heavy atom. The van der Waals surface area contributed by atoms with Gasteiger partial charge < -0.3 is 117 Å². The number of carbonyl (C=O) groups excluding carboxylic acids is 2. The van der Waals surface area contributed by atoms with Crippen LogP contribution in [0.3, 0.4) is 0 Å². The van der Waals surface area contributed by atoms with Crippen LogP contribution < -0.4 is 62.0 Å². The van der Waals surface area contributed by atoms with Crippen molar-refractivity contribution in [3.63, 3.8) is 0 Å². The first-order chi connectivity index (χ1) is 64.7. The predicted molar refractivity (Wildman–Crippen MR) is 472 cm³/mol. The van der Waals surface area contributed by atoms with Gasteiger partial charge in [-0.2, -0.15) is 0 Å². The van der Waals surface area contributed by atoms with Gasteiger partial charge in [0, 0.05) is 103 Å². The van der Waals surface area contributed by atoms with E-state index in [1.807, 2.05) is 15.0 Å². The fraction of sp³-hybridized carbons (Fsp3) is 0.621. The van der Waals surface area contributed by atoms with Crippen LogP contribution in [0, 0.1) is 0 Å². The summed E-state index contributed by atoms with van der Waals surface area (Å²) in [5.74, 6) is 0. The third-order valence-corrected chi connectivity index (χ3v) is 25.3. The number of nitrogens with two attached hydrogens (primary N) is 1. The summed E-state index contributed by atoms with van der Waals surface area (Å²) in [5, 5.41) is 9.83. The Balaban J connectivity index is 0.000000267. The number of methoxy groups -OCH3 is 5. The number of aromatic nitrogens is 10. The zero-order valence-corrected chi connectivity index (χ0v) is 84.4. The Kier molecular flexibility index (Phi) is 46.7. The molecule has 780 valence electrons. The smallest absolute Gasteiger partial charge is 0.427 e. The number of rotatable bonds is 44. The number of nitrogens with zero attached hydrogens (tertiary/aromatic N) is 5. The van der Waals surface area contributed by atoms with Gasteiger partial charge in [-0.1, -0.05) is 6.92 Å². The molecule has 5 aliphatic heterocycles. The summed E-state index contributed by atoms with van der Waals surface area (Å²) in [5.41, 5.74) is -9.35. The molecular weight excluding hydrogens is 2200 g/mol. The summed E-state index contributed by atoms with van der Waals surface area (Å²) < 4.78 is 231. The van der Waals surface area contributed by atoms with E-state index in [4.69, 9.17) is 125 Å².